The van der Waals surface area contributed by atoms with E-state index in [1.165, 1.54) is 30.3 Å². The highest BCUT2D eigenvalue weighted by Crippen LogP contribution is 2.50. The van der Waals surface area contributed by atoms with Crippen molar-refractivity contribution in [3.63, 3.8) is 0 Å². The second-order valence-electron chi connectivity index (χ2n) is 6.87. The Labute approximate surface area is 155 Å². The first-order chi connectivity index (χ1) is 12.9. The maximum absolute atomic E-state index is 15.1. The Hall–Kier alpha value is -2.62. The van der Waals surface area contributed by atoms with Gasteiger partial charge >= 0.3 is 0 Å². The fourth-order valence-corrected chi connectivity index (χ4v) is 3.68. The van der Waals surface area contributed by atoms with Gasteiger partial charge in [-0.15, -0.1) is 0 Å². The Balaban J connectivity index is 1.68. The fraction of sp³-hybridized carbons (Fsp3) is 0.217. The summed E-state index contributed by atoms with van der Waals surface area (Å²) < 4.78 is 60.2. The topological polar surface area (TPSA) is 0 Å². The molecular formula is C23H18F4. The zero-order valence-corrected chi connectivity index (χ0v) is 14.6. The maximum Gasteiger partial charge on any atom is 0.295 e. The molecule has 0 spiro atoms. The van der Waals surface area contributed by atoms with E-state index in [-0.39, 0.29) is 35.1 Å². The van der Waals surface area contributed by atoms with E-state index in [0.717, 1.165) is 0 Å². The van der Waals surface area contributed by atoms with E-state index in [9.17, 15) is 8.78 Å². The minimum absolute atomic E-state index is 0.0405. The molecule has 4 heteroatoms. The lowest BCUT2D eigenvalue weighted by Gasteiger charge is -2.26. The van der Waals surface area contributed by atoms with Crippen LogP contribution in [0.1, 0.15) is 30.4 Å². The maximum atomic E-state index is 15.1. The molecule has 0 nitrogen and oxygen atoms in total. The molecule has 2 aromatic rings. The normalized spacial score (nSPS) is 17.5. The van der Waals surface area contributed by atoms with E-state index in [0.29, 0.717) is 17.6 Å². The SMILES string of the molecule is FC(F)(C1=CC2=CCC2=C(C(F)(F)c2ccccc2)CC1)c1ccccc1. The first-order valence-electron chi connectivity index (χ1n) is 8.91. The van der Waals surface area contributed by atoms with Crippen LogP contribution >= 0.6 is 0 Å². The van der Waals surface area contributed by atoms with Gasteiger partial charge in [0.1, 0.15) is 0 Å². The van der Waals surface area contributed by atoms with Gasteiger partial charge in [-0.3, -0.25) is 0 Å². The van der Waals surface area contributed by atoms with Crippen LogP contribution in [0, 0.1) is 0 Å². The van der Waals surface area contributed by atoms with Gasteiger partial charge in [-0.05, 0) is 36.5 Å². The lowest BCUT2D eigenvalue weighted by Crippen LogP contribution is -2.20. The van der Waals surface area contributed by atoms with Crippen LogP contribution in [0.2, 0.25) is 0 Å². The van der Waals surface area contributed by atoms with E-state index in [4.69, 9.17) is 0 Å². The quantitative estimate of drug-likeness (QED) is 0.513. The molecule has 0 aliphatic heterocycles. The molecule has 0 radical (unpaired) electrons. The van der Waals surface area contributed by atoms with Crippen LogP contribution < -0.4 is 0 Å². The molecule has 27 heavy (non-hydrogen) atoms. The number of alkyl halides is 4. The second-order valence-corrected chi connectivity index (χ2v) is 6.87. The summed E-state index contributed by atoms with van der Waals surface area (Å²) in [5.74, 6) is -6.35. The number of fused-ring (bicyclic) bond motifs is 1. The van der Waals surface area contributed by atoms with E-state index in [2.05, 4.69) is 0 Å². The summed E-state index contributed by atoms with van der Waals surface area (Å²) in [5, 5.41) is 0. The van der Waals surface area contributed by atoms with Crippen LogP contribution in [-0.4, -0.2) is 0 Å². The minimum atomic E-state index is -3.18. The van der Waals surface area contributed by atoms with Crippen LogP contribution in [0.5, 0.6) is 0 Å². The molecule has 0 heterocycles. The third-order valence-electron chi connectivity index (χ3n) is 5.27. The monoisotopic (exact) mass is 370 g/mol. The molecule has 0 atom stereocenters. The van der Waals surface area contributed by atoms with Crippen LogP contribution in [0.4, 0.5) is 17.6 Å². The summed E-state index contributed by atoms with van der Waals surface area (Å²) in [6.07, 6.45) is 3.36. The Morgan fingerprint density at radius 1 is 0.667 bits per heavy atom. The summed E-state index contributed by atoms with van der Waals surface area (Å²) in [6, 6.07) is 15.1. The largest absolute Gasteiger partial charge is 0.295 e. The zero-order chi connectivity index (χ0) is 19.1. The molecule has 0 amide bonds. The Morgan fingerprint density at radius 3 is 1.74 bits per heavy atom. The van der Waals surface area contributed by atoms with E-state index >= 15 is 8.78 Å². The van der Waals surface area contributed by atoms with Crippen LogP contribution in [-0.2, 0) is 11.8 Å². The molecule has 0 N–H and O–H groups in total. The van der Waals surface area contributed by atoms with Gasteiger partial charge in [-0.25, -0.2) is 0 Å². The number of halogens is 4. The van der Waals surface area contributed by atoms with Gasteiger partial charge in [-0.2, -0.15) is 17.6 Å². The highest BCUT2D eigenvalue weighted by molar-refractivity contribution is 5.57. The van der Waals surface area contributed by atoms with Crippen molar-refractivity contribution < 1.29 is 17.6 Å². The van der Waals surface area contributed by atoms with E-state index in [1.54, 1.807) is 42.5 Å². The second kappa shape index (κ2) is 6.52. The molecule has 0 unspecified atom stereocenters. The summed E-state index contributed by atoms with van der Waals surface area (Å²) >= 11 is 0. The van der Waals surface area contributed by atoms with Crippen molar-refractivity contribution in [3.8, 4) is 0 Å². The van der Waals surface area contributed by atoms with Gasteiger partial charge in [0.25, 0.3) is 11.8 Å². The molecule has 4 rings (SSSR count). The first-order valence-corrected chi connectivity index (χ1v) is 8.91. The molecule has 0 aromatic heterocycles. The number of hydrogen-bond acceptors (Lipinski definition) is 0. The summed E-state index contributed by atoms with van der Waals surface area (Å²) in [6.45, 7) is 0. The van der Waals surface area contributed by atoms with Crippen molar-refractivity contribution in [2.75, 3.05) is 0 Å². The van der Waals surface area contributed by atoms with Crippen molar-refractivity contribution in [3.05, 3.63) is 106 Å². The van der Waals surface area contributed by atoms with Crippen LogP contribution in [0.25, 0.3) is 0 Å². The van der Waals surface area contributed by atoms with Crippen molar-refractivity contribution in [2.24, 2.45) is 0 Å². The molecule has 0 bridgehead atoms. The molecule has 2 aliphatic rings. The fourth-order valence-electron chi connectivity index (χ4n) is 3.68. The van der Waals surface area contributed by atoms with E-state index in [1.807, 2.05) is 0 Å². The molecule has 2 aromatic carbocycles. The van der Waals surface area contributed by atoms with Gasteiger partial charge in [0.15, 0.2) is 0 Å². The molecule has 0 saturated carbocycles. The molecular weight excluding hydrogens is 352 g/mol. The molecule has 0 saturated heterocycles. The van der Waals surface area contributed by atoms with Gasteiger partial charge in [0, 0.05) is 22.3 Å². The van der Waals surface area contributed by atoms with Gasteiger partial charge in [0.2, 0.25) is 0 Å². The smallest absolute Gasteiger partial charge is 0.196 e. The van der Waals surface area contributed by atoms with Crippen LogP contribution in [0.3, 0.4) is 0 Å². The number of rotatable bonds is 4. The molecule has 0 fully saturated rings. The first kappa shape index (κ1) is 17.8. The average Bonchev–Trinajstić information content (AvgIpc) is 2.80. The predicted molar refractivity (Wildman–Crippen MR) is 97.7 cm³/mol. The third-order valence-corrected chi connectivity index (χ3v) is 5.27. The van der Waals surface area contributed by atoms with Gasteiger partial charge in [0.05, 0.1) is 0 Å². The predicted octanol–water partition coefficient (Wildman–Crippen LogP) is 6.92. The number of hydrogen-bond donors (Lipinski definition) is 0. The summed E-state index contributed by atoms with van der Waals surface area (Å²) in [7, 11) is 0. The number of allylic oxidation sites excluding steroid dienone is 6. The number of benzene rings is 2. The van der Waals surface area contributed by atoms with Crippen molar-refractivity contribution >= 4 is 0 Å². The Bertz CT molecular complexity index is 935. The summed E-state index contributed by atoms with van der Waals surface area (Å²) in [5.41, 5.74) is 0.636. The van der Waals surface area contributed by atoms with Crippen molar-refractivity contribution in [2.45, 2.75) is 31.1 Å². The highest BCUT2D eigenvalue weighted by Gasteiger charge is 2.43. The Kier molecular flexibility index (Phi) is 4.29. The van der Waals surface area contributed by atoms with Gasteiger partial charge < -0.3 is 0 Å². The van der Waals surface area contributed by atoms with Gasteiger partial charge in [-0.1, -0.05) is 66.7 Å². The Morgan fingerprint density at radius 2 is 1.22 bits per heavy atom. The van der Waals surface area contributed by atoms with E-state index < -0.39 is 11.8 Å². The minimum Gasteiger partial charge on any atom is -0.196 e. The third kappa shape index (κ3) is 3.03. The van der Waals surface area contributed by atoms with Crippen molar-refractivity contribution in [1.82, 2.24) is 0 Å². The zero-order valence-electron chi connectivity index (χ0n) is 14.6. The average molecular weight is 370 g/mol. The molecule has 2 aliphatic carbocycles. The highest BCUT2D eigenvalue weighted by atomic mass is 19.3. The lowest BCUT2D eigenvalue weighted by atomic mass is 9.83. The van der Waals surface area contributed by atoms with Crippen molar-refractivity contribution in [1.29, 1.82) is 0 Å². The summed E-state index contributed by atoms with van der Waals surface area (Å²) in [4.78, 5) is 0. The lowest BCUT2D eigenvalue weighted by molar-refractivity contribution is 0.0259. The standard InChI is InChI=1S/C23H18F4/c24-22(25,17-7-3-1-4-8-17)19-12-14-21(20-13-11-16(20)15-19)23(26,27)18-9-5-2-6-10-18/h1-11,15H,12-14H2. The van der Waals surface area contributed by atoms with Crippen LogP contribution in [0.15, 0.2) is 95.1 Å². The molecule has 138 valence electrons.